The molecule has 0 atom stereocenters. The van der Waals surface area contributed by atoms with Crippen LogP contribution in [-0.2, 0) is 21.5 Å². The molecule has 9 heteroatoms. The summed E-state index contributed by atoms with van der Waals surface area (Å²) >= 11 is 0. The van der Waals surface area contributed by atoms with E-state index in [1.807, 2.05) is 69.3 Å². The first-order chi connectivity index (χ1) is 19.1. The zero-order valence-electron chi connectivity index (χ0n) is 22.4. The first-order valence-electron chi connectivity index (χ1n) is 13.0. The number of carbonyl (C=O) groups is 3. The van der Waals surface area contributed by atoms with E-state index in [-0.39, 0.29) is 31.2 Å². The van der Waals surface area contributed by atoms with Gasteiger partial charge in [0.1, 0.15) is 16.7 Å². The van der Waals surface area contributed by atoms with Crippen LogP contribution in [0.2, 0.25) is 0 Å². The lowest BCUT2D eigenvalue weighted by molar-refractivity contribution is -0.129. The molecule has 2 aliphatic heterocycles. The van der Waals surface area contributed by atoms with E-state index >= 15 is 0 Å². The number of aromatic carboxylic acids is 1. The molecule has 0 bridgehead atoms. The Morgan fingerprint density at radius 2 is 1.70 bits per heavy atom. The summed E-state index contributed by atoms with van der Waals surface area (Å²) in [5.41, 5.74) is 2.31. The van der Waals surface area contributed by atoms with E-state index in [1.165, 1.54) is 12.3 Å². The third-order valence-corrected chi connectivity index (χ3v) is 7.40. The first kappa shape index (κ1) is 25.5. The normalized spacial score (nSPS) is 15.7. The van der Waals surface area contributed by atoms with Gasteiger partial charge in [0.25, 0.3) is 0 Å². The molecular weight excluding hydrogens is 508 g/mol. The lowest BCUT2D eigenvalue weighted by Crippen LogP contribution is -2.65. The van der Waals surface area contributed by atoms with Gasteiger partial charge in [-0.1, -0.05) is 48.5 Å². The van der Waals surface area contributed by atoms with E-state index in [1.54, 1.807) is 22.1 Å². The van der Waals surface area contributed by atoms with Crippen molar-refractivity contribution in [3.63, 3.8) is 0 Å². The molecule has 9 nitrogen and oxygen atoms in total. The highest BCUT2D eigenvalue weighted by Crippen LogP contribution is 2.48. The van der Waals surface area contributed by atoms with Crippen LogP contribution in [0.15, 0.2) is 73.1 Å². The van der Waals surface area contributed by atoms with Crippen LogP contribution < -0.4 is 4.90 Å². The summed E-state index contributed by atoms with van der Waals surface area (Å²) in [7, 11) is 0. The number of likely N-dealkylation sites (tertiary alicyclic amines) is 1. The van der Waals surface area contributed by atoms with Gasteiger partial charge < -0.3 is 19.6 Å². The standard InChI is InChI=1S/C31H28N4O5/c1-30(2,3)40-29(39)34-17-31(18-34)22-10-6-7-11-25(22)35(28(31)38)16-24-26(20-12-13-23(27(36)37)32-15-20)21-9-5-4-8-19(21)14-33-24/h4-15H,16-18H2,1-3H3,(H,36,37). The van der Waals surface area contributed by atoms with Gasteiger partial charge in [0.2, 0.25) is 5.91 Å². The number of nitrogens with zero attached hydrogens (tertiary/aromatic N) is 4. The molecule has 2 aliphatic rings. The number of para-hydroxylation sites is 1. The Kier molecular flexibility index (Phi) is 5.83. The predicted molar refractivity (Wildman–Crippen MR) is 149 cm³/mol. The number of benzene rings is 2. The first-order valence-corrected chi connectivity index (χ1v) is 13.0. The zero-order chi connectivity index (χ0) is 28.2. The Morgan fingerprint density at radius 1 is 0.975 bits per heavy atom. The molecule has 2 amide bonds. The number of aromatic nitrogens is 2. The van der Waals surface area contributed by atoms with Crippen LogP contribution in [-0.4, -0.2) is 56.6 Å². The van der Waals surface area contributed by atoms with Crippen LogP contribution in [0.4, 0.5) is 10.5 Å². The minimum absolute atomic E-state index is 0.0522. The highest BCUT2D eigenvalue weighted by molar-refractivity contribution is 6.10. The second-order valence-corrected chi connectivity index (χ2v) is 11.2. The minimum atomic E-state index is -1.10. The number of hydrogen-bond acceptors (Lipinski definition) is 6. The summed E-state index contributed by atoms with van der Waals surface area (Å²) in [6.07, 6.45) is 2.88. The fourth-order valence-electron chi connectivity index (χ4n) is 5.58. The molecule has 1 spiro atoms. The summed E-state index contributed by atoms with van der Waals surface area (Å²) in [4.78, 5) is 50.4. The Morgan fingerprint density at radius 3 is 2.40 bits per heavy atom. The van der Waals surface area contributed by atoms with Gasteiger partial charge in [-0.05, 0) is 43.9 Å². The van der Waals surface area contributed by atoms with E-state index in [2.05, 4.69) is 4.98 Å². The molecule has 1 N–H and O–H groups in total. The number of pyridine rings is 2. The zero-order valence-corrected chi connectivity index (χ0v) is 22.4. The van der Waals surface area contributed by atoms with Gasteiger partial charge in [-0.3, -0.25) is 9.78 Å². The van der Waals surface area contributed by atoms with E-state index in [9.17, 15) is 19.5 Å². The molecule has 0 saturated carbocycles. The van der Waals surface area contributed by atoms with Gasteiger partial charge in [-0.2, -0.15) is 0 Å². The van der Waals surface area contributed by atoms with Crippen LogP contribution in [0.3, 0.4) is 0 Å². The maximum Gasteiger partial charge on any atom is 0.410 e. The van der Waals surface area contributed by atoms with Gasteiger partial charge >= 0.3 is 12.1 Å². The van der Waals surface area contributed by atoms with Crippen molar-refractivity contribution in [3.05, 3.63) is 90.0 Å². The second kappa shape index (κ2) is 9.15. The van der Waals surface area contributed by atoms with Crippen molar-refractivity contribution >= 4 is 34.4 Å². The molecule has 4 heterocycles. The van der Waals surface area contributed by atoms with Crippen molar-refractivity contribution in [2.75, 3.05) is 18.0 Å². The lowest BCUT2D eigenvalue weighted by Gasteiger charge is -2.46. The van der Waals surface area contributed by atoms with Gasteiger partial charge in [-0.25, -0.2) is 14.6 Å². The number of ether oxygens (including phenoxy) is 1. The van der Waals surface area contributed by atoms with Crippen molar-refractivity contribution in [1.29, 1.82) is 0 Å². The van der Waals surface area contributed by atoms with E-state index in [0.717, 1.165) is 27.6 Å². The summed E-state index contributed by atoms with van der Waals surface area (Å²) in [6.45, 7) is 6.13. The number of anilines is 1. The van der Waals surface area contributed by atoms with Crippen LogP contribution >= 0.6 is 0 Å². The molecule has 0 unspecified atom stereocenters. The highest BCUT2D eigenvalue weighted by atomic mass is 16.6. The number of carbonyl (C=O) groups excluding carboxylic acids is 2. The largest absolute Gasteiger partial charge is 0.477 e. The Bertz CT molecular complexity index is 1670. The molecule has 1 saturated heterocycles. The highest BCUT2D eigenvalue weighted by Gasteiger charge is 2.59. The fourth-order valence-corrected chi connectivity index (χ4v) is 5.58. The molecule has 0 aliphatic carbocycles. The van der Waals surface area contributed by atoms with E-state index < -0.39 is 23.1 Å². The monoisotopic (exact) mass is 536 g/mol. The van der Waals surface area contributed by atoms with E-state index in [4.69, 9.17) is 9.72 Å². The van der Waals surface area contributed by atoms with Crippen molar-refractivity contribution in [2.24, 2.45) is 0 Å². The third-order valence-electron chi connectivity index (χ3n) is 7.40. The third kappa shape index (κ3) is 4.14. The number of carboxylic acids is 1. The number of fused-ring (bicyclic) bond motifs is 3. The van der Waals surface area contributed by atoms with Gasteiger partial charge in [0.05, 0.1) is 12.2 Å². The summed E-state index contributed by atoms with van der Waals surface area (Å²) in [5, 5.41) is 11.2. The quantitative estimate of drug-likeness (QED) is 0.389. The topological polar surface area (TPSA) is 113 Å². The van der Waals surface area contributed by atoms with Crippen molar-refractivity contribution in [1.82, 2.24) is 14.9 Å². The van der Waals surface area contributed by atoms with Gasteiger partial charge in [-0.15, -0.1) is 0 Å². The second-order valence-electron chi connectivity index (χ2n) is 11.2. The molecular formula is C31H28N4O5. The number of amides is 2. The van der Waals surface area contributed by atoms with Crippen LogP contribution in [0, 0.1) is 0 Å². The maximum absolute atomic E-state index is 14.1. The SMILES string of the molecule is CC(C)(C)OC(=O)N1CC2(C1)C(=O)N(Cc1ncc3ccccc3c1-c1ccc(C(=O)O)nc1)c1ccccc12. The maximum atomic E-state index is 14.1. The summed E-state index contributed by atoms with van der Waals surface area (Å²) < 4.78 is 5.53. The number of rotatable bonds is 4. The average Bonchev–Trinajstić information content (AvgIpc) is 3.14. The minimum Gasteiger partial charge on any atom is -0.477 e. The smallest absolute Gasteiger partial charge is 0.410 e. The molecule has 1 fully saturated rings. The Balaban J connectivity index is 1.38. The van der Waals surface area contributed by atoms with Crippen LogP contribution in [0.5, 0.6) is 0 Å². The molecule has 2 aromatic heterocycles. The predicted octanol–water partition coefficient (Wildman–Crippen LogP) is 5.03. The molecule has 0 radical (unpaired) electrons. The summed E-state index contributed by atoms with van der Waals surface area (Å²) in [5.74, 6) is -1.19. The summed E-state index contributed by atoms with van der Waals surface area (Å²) in [6, 6.07) is 18.6. The molecule has 6 rings (SSSR count). The van der Waals surface area contributed by atoms with E-state index in [0.29, 0.717) is 11.3 Å². The average molecular weight is 537 g/mol. The van der Waals surface area contributed by atoms with Crippen molar-refractivity contribution in [3.8, 4) is 11.1 Å². The molecule has 202 valence electrons. The lowest BCUT2D eigenvalue weighted by atomic mass is 9.75. The van der Waals surface area contributed by atoms with Gasteiger partial charge in [0.15, 0.2) is 0 Å². The van der Waals surface area contributed by atoms with Crippen molar-refractivity contribution in [2.45, 2.75) is 38.3 Å². The van der Waals surface area contributed by atoms with Crippen LogP contribution in [0.1, 0.15) is 42.5 Å². The van der Waals surface area contributed by atoms with Gasteiger partial charge in [0, 0.05) is 47.7 Å². The Hall–Kier alpha value is -4.79. The van der Waals surface area contributed by atoms with Crippen LogP contribution in [0.25, 0.3) is 21.9 Å². The number of hydrogen-bond donors (Lipinski definition) is 1. The molecule has 2 aromatic carbocycles. The molecule has 40 heavy (non-hydrogen) atoms. The number of carboxylic acid groups (broad SMARTS) is 1. The Labute approximate surface area is 231 Å². The molecule has 4 aromatic rings. The van der Waals surface area contributed by atoms with Crippen molar-refractivity contribution < 1.29 is 24.2 Å². The fraction of sp³-hybridized carbons (Fsp3) is 0.258.